The van der Waals surface area contributed by atoms with E-state index in [9.17, 15) is 4.79 Å². The third-order valence-corrected chi connectivity index (χ3v) is 3.95. The van der Waals surface area contributed by atoms with Crippen molar-refractivity contribution in [2.45, 2.75) is 20.3 Å². The molecule has 1 aromatic heterocycles. The summed E-state index contributed by atoms with van der Waals surface area (Å²) in [4.78, 5) is 13.3. The second-order valence-corrected chi connectivity index (χ2v) is 5.06. The number of hydrogen-bond acceptors (Lipinski definition) is 3. The minimum atomic E-state index is 0.104. The van der Waals surface area contributed by atoms with Gasteiger partial charge in [-0.1, -0.05) is 6.92 Å². The summed E-state index contributed by atoms with van der Waals surface area (Å²) < 4.78 is 5.21. The van der Waals surface area contributed by atoms with Gasteiger partial charge in [0.15, 0.2) is 0 Å². The lowest BCUT2D eigenvalue weighted by Crippen LogP contribution is -2.02. The lowest BCUT2D eigenvalue weighted by Gasteiger charge is -2.07. The highest BCUT2D eigenvalue weighted by Crippen LogP contribution is 2.24. The van der Waals surface area contributed by atoms with E-state index in [0.29, 0.717) is 0 Å². The van der Waals surface area contributed by atoms with E-state index in [-0.39, 0.29) is 5.78 Å². The maximum atomic E-state index is 12.4. The molecule has 1 heterocycles. The highest BCUT2D eigenvalue weighted by atomic mass is 32.1. The van der Waals surface area contributed by atoms with Gasteiger partial charge in [-0.2, -0.15) is 0 Å². The van der Waals surface area contributed by atoms with Gasteiger partial charge in [0, 0.05) is 5.56 Å². The molecule has 0 aliphatic carbocycles. The van der Waals surface area contributed by atoms with E-state index in [0.717, 1.165) is 33.7 Å². The number of carbonyl (C=O) groups excluding carboxylic acids is 1. The summed E-state index contributed by atoms with van der Waals surface area (Å²) >= 11 is 1.51. The van der Waals surface area contributed by atoms with Crippen LogP contribution in [0.2, 0.25) is 0 Å². The van der Waals surface area contributed by atoms with Gasteiger partial charge in [0.05, 0.1) is 12.0 Å². The molecule has 2 aromatic rings. The summed E-state index contributed by atoms with van der Waals surface area (Å²) in [6.45, 7) is 4.02. The lowest BCUT2D eigenvalue weighted by atomic mass is 10.0. The van der Waals surface area contributed by atoms with Gasteiger partial charge in [-0.25, -0.2) is 0 Å². The summed E-state index contributed by atoms with van der Waals surface area (Å²) in [5.74, 6) is 0.918. The van der Waals surface area contributed by atoms with Crippen molar-refractivity contribution in [3.63, 3.8) is 0 Å². The molecule has 94 valence electrons. The highest BCUT2D eigenvalue weighted by molar-refractivity contribution is 7.12. The van der Waals surface area contributed by atoms with Crippen LogP contribution in [0.25, 0.3) is 0 Å². The molecular formula is C15H16O2S. The van der Waals surface area contributed by atoms with E-state index in [1.165, 1.54) is 11.3 Å². The van der Waals surface area contributed by atoms with Crippen molar-refractivity contribution in [2.24, 2.45) is 0 Å². The molecule has 0 fully saturated rings. The highest BCUT2D eigenvalue weighted by Gasteiger charge is 2.15. The van der Waals surface area contributed by atoms with Crippen molar-refractivity contribution >= 4 is 17.1 Å². The fourth-order valence-electron chi connectivity index (χ4n) is 1.96. The molecule has 0 unspecified atom stereocenters. The molecule has 0 amide bonds. The molecule has 0 atom stereocenters. The average molecular weight is 260 g/mol. The molecule has 0 bridgehead atoms. The predicted molar refractivity (Wildman–Crippen MR) is 74.9 cm³/mol. The number of aryl methyl sites for hydroxylation is 2. The quantitative estimate of drug-likeness (QED) is 0.780. The summed E-state index contributed by atoms with van der Waals surface area (Å²) in [6.07, 6.45) is 0.889. The topological polar surface area (TPSA) is 26.3 Å². The maximum absolute atomic E-state index is 12.4. The van der Waals surface area contributed by atoms with E-state index in [4.69, 9.17) is 4.74 Å². The Hall–Kier alpha value is -1.61. The number of hydrogen-bond donors (Lipinski definition) is 0. The molecule has 0 saturated carbocycles. The first-order valence-electron chi connectivity index (χ1n) is 5.93. The van der Waals surface area contributed by atoms with Crippen molar-refractivity contribution in [1.82, 2.24) is 0 Å². The maximum Gasteiger partial charge on any atom is 0.203 e. The van der Waals surface area contributed by atoms with Crippen LogP contribution in [0.5, 0.6) is 5.75 Å². The number of methoxy groups -OCH3 is 1. The average Bonchev–Trinajstić information content (AvgIpc) is 2.86. The Balaban J connectivity index is 2.37. The van der Waals surface area contributed by atoms with E-state index in [1.807, 2.05) is 36.6 Å². The Kier molecular flexibility index (Phi) is 3.82. The van der Waals surface area contributed by atoms with E-state index >= 15 is 0 Å². The summed E-state index contributed by atoms with van der Waals surface area (Å²) in [7, 11) is 1.64. The minimum absolute atomic E-state index is 0.104. The number of ketones is 1. The number of benzene rings is 1. The molecule has 18 heavy (non-hydrogen) atoms. The Bertz CT molecular complexity index is 570. The van der Waals surface area contributed by atoms with Crippen molar-refractivity contribution < 1.29 is 9.53 Å². The minimum Gasteiger partial charge on any atom is -0.496 e. The second kappa shape index (κ2) is 5.36. The summed E-state index contributed by atoms with van der Waals surface area (Å²) in [6, 6.07) is 7.59. The first-order valence-corrected chi connectivity index (χ1v) is 6.81. The van der Waals surface area contributed by atoms with Gasteiger partial charge < -0.3 is 4.74 Å². The van der Waals surface area contributed by atoms with Gasteiger partial charge in [-0.15, -0.1) is 11.3 Å². The van der Waals surface area contributed by atoms with Gasteiger partial charge in [0.2, 0.25) is 5.78 Å². The molecule has 1 aromatic carbocycles. The molecule has 0 aliphatic rings. The number of ether oxygens (including phenoxy) is 1. The fraction of sp³-hybridized carbons (Fsp3) is 0.267. The van der Waals surface area contributed by atoms with Crippen LogP contribution in [0.3, 0.4) is 0 Å². The number of thiophene rings is 1. The van der Waals surface area contributed by atoms with Crippen LogP contribution in [0.15, 0.2) is 29.6 Å². The van der Waals surface area contributed by atoms with Crippen LogP contribution in [0.1, 0.15) is 33.3 Å². The van der Waals surface area contributed by atoms with Gasteiger partial charge in [0.1, 0.15) is 5.75 Å². The second-order valence-electron chi connectivity index (χ2n) is 4.14. The molecule has 0 aliphatic heterocycles. The normalized spacial score (nSPS) is 10.4. The van der Waals surface area contributed by atoms with Gasteiger partial charge in [-0.05, 0) is 54.1 Å². The molecule has 3 heteroatoms. The Morgan fingerprint density at radius 2 is 2.11 bits per heavy atom. The number of rotatable bonds is 4. The third-order valence-electron chi connectivity index (χ3n) is 2.99. The van der Waals surface area contributed by atoms with Gasteiger partial charge in [0.25, 0.3) is 0 Å². The molecule has 0 radical (unpaired) electrons. The largest absolute Gasteiger partial charge is 0.496 e. The van der Waals surface area contributed by atoms with Crippen LogP contribution in [-0.4, -0.2) is 12.9 Å². The first kappa shape index (κ1) is 12.8. The van der Waals surface area contributed by atoms with Crippen molar-refractivity contribution in [3.8, 4) is 5.75 Å². The van der Waals surface area contributed by atoms with Crippen molar-refractivity contribution in [2.75, 3.05) is 7.11 Å². The third kappa shape index (κ3) is 2.31. The van der Waals surface area contributed by atoms with Crippen LogP contribution < -0.4 is 4.74 Å². The van der Waals surface area contributed by atoms with Crippen molar-refractivity contribution in [3.05, 3.63) is 51.2 Å². The van der Waals surface area contributed by atoms with Gasteiger partial charge >= 0.3 is 0 Å². The lowest BCUT2D eigenvalue weighted by molar-refractivity contribution is 0.104. The van der Waals surface area contributed by atoms with E-state index in [2.05, 4.69) is 6.92 Å². The van der Waals surface area contributed by atoms with Crippen LogP contribution in [-0.2, 0) is 6.42 Å². The predicted octanol–water partition coefficient (Wildman–Crippen LogP) is 3.86. The van der Waals surface area contributed by atoms with Crippen molar-refractivity contribution in [1.29, 1.82) is 0 Å². The zero-order chi connectivity index (χ0) is 13.1. The van der Waals surface area contributed by atoms with E-state index in [1.54, 1.807) is 7.11 Å². The molecule has 0 saturated heterocycles. The summed E-state index contributed by atoms with van der Waals surface area (Å²) in [5, 5.41) is 1.97. The van der Waals surface area contributed by atoms with Crippen LogP contribution in [0.4, 0.5) is 0 Å². The van der Waals surface area contributed by atoms with Crippen LogP contribution >= 0.6 is 11.3 Å². The zero-order valence-electron chi connectivity index (χ0n) is 10.8. The number of carbonyl (C=O) groups is 1. The zero-order valence-corrected chi connectivity index (χ0v) is 11.6. The summed E-state index contributed by atoms with van der Waals surface area (Å²) in [5.41, 5.74) is 2.84. The molecule has 0 spiro atoms. The SMILES string of the molecule is CCc1ccsc1C(=O)c1ccc(OC)c(C)c1. The van der Waals surface area contributed by atoms with Gasteiger partial charge in [-0.3, -0.25) is 4.79 Å². The standard InChI is InChI=1S/C15H16O2S/c1-4-11-7-8-18-15(11)14(16)12-5-6-13(17-3)10(2)9-12/h5-9H,4H2,1-3H3. The van der Waals surface area contributed by atoms with E-state index < -0.39 is 0 Å². The Labute approximate surface area is 111 Å². The van der Waals surface area contributed by atoms with Crippen LogP contribution in [0, 0.1) is 6.92 Å². The fourth-order valence-corrected chi connectivity index (χ4v) is 2.92. The molecule has 2 rings (SSSR count). The Morgan fingerprint density at radius 1 is 1.33 bits per heavy atom. The smallest absolute Gasteiger partial charge is 0.203 e. The molecular weight excluding hydrogens is 244 g/mol. The monoisotopic (exact) mass is 260 g/mol. The first-order chi connectivity index (χ1) is 8.67. The molecule has 0 N–H and O–H groups in total. The Morgan fingerprint density at radius 3 is 2.72 bits per heavy atom. The molecule has 2 nitrogen and oxygen atoms in total.